The molecular formula is C11H11N5O2. The molecule has 1 aromatic carbocycles. The van der Waals surface area contributed by atoms with Crippen molar-refractivity contribution in [2.75, 3.05) is 11.5 Å². The number of rotatable bonds is 2. The van der Waals surface area contributed by atoms with Gasteiger partial charge in [-0.05, 0) is 12.1 Å². The summed E-state index contributed by atoms with van der Waals surface area (Å²) in [5.41, 5.74) is 11.3. The lowest BCUT2D eigenvalue weighted by Gasteiger charge is -2.05. The molecule has 1 aromatic heterocycles. The Bertz CT molecular complexity index is 598. The van der Waals surface area contributed by atoms with Crippen molar-refractivity contribution in [1.29, 1.82) is 0 Å². The Morgan fingerprint density at radius 1 is 0.889 bits per heavy atom. The molecule has 0 bridgehead atoms. The Kier molecular flexibility index (Phi) is 2.96. The zero-order chi connectivity index (χ0) is 13.1. The van der Waals surface area contributed by atoms with Crippen LogP contribution in [-0.2, 0) is 0 Å². The minimum atomic E-state index is -0.564. The number of aromatic nitrogens is 1. The van der Waals surface area contributed by atoms with E-state index < -0.39 is 11.5 Å². The van der Waals surface area contributed by atoms with Gasteiger partial charge in [0.25, 0.3) is 0 Å². The molecule has 6 N–H and O–H groups in total. The van der Waals surface area contributed by atoms with Crippen molar-refractivity contribution in [2.24, 2.45) is 10.2 Å². The van der Waals surface area contributed by atoms with Crippen molar-refractivity contribution in [3.05, 3.63) is 30.3 Å². The summed E-state index contributed by atoms with van der Waals surface area (Å²) in [4.78, 5) is 3.64. The number of hydrogen-bond acceptors (Lipinski definition) is 7. The SMILES string of the molecule is Nc1nc(N)c(/N=N/c2ccccc2)c(O)c1O. The molecule has 0 saturated carbocycles. The minimum Gasteiger partial charge on any atom is -0.503 e. The van der Waals surface area contributed by atoms with E-state index in [2.05, 4.69) is 15.2 Å². The summed E-state index contributed by atoms with van der Waals surface area (Å²) < 4.78 is 0. The molecule has 0 aliphatic carbocycles. The molecular weight excluding hydrogens is 234 g/mol. The van der Waals surface area contributed by atoms with Gasteiger partial charge in [-0.1, -0.05) is 18.2 Å². The quantitative estimate of drug-likeness (QED) is 0.601. The van der Waals surface area contributed by atoms with Crippen LogP contribution in [0.15, 0.2) is 40.6 Å². The van der Waals surface area contributed by atoms with Gasteiger partial charge >= 0.3 is 0 Å². The summed E-state index contributed by atoms with van der Waals surface area (Å²) in [7, 11) is 0. The van der Waals surface area contributed by atoms with Crippen LogP contribution in [0.4, 0.5) is 23.0 Å². The summed E-state index contributed by atoms with van der Waals surface area (Å²) in [6.45, 7) is 0. The molecule has 2 rings (SSSR count). The van der Waals surface area contributed by atoms with Gasteiger partial charge in [0, 0.05) is 0 Å². The fourth-order valence-corrected chi connectivity index (χ4v) is 1.29. The van der Waals surface area contributed by atoms with Gasteiger partial charge in [-0.15, -0.1) is 5.11 Å². The predicted molar refractivity (Wildman–Crippen MR) is 67.0 cm³/mol. The van der Waals surface area contributed by atoms with Crippen molar-refractivity contribution >= 4 is 23.0 Å². The van der Waals surface area contributed by atoms with Crippen molar-refractivity contribution in [3.63, 3.8) is 0 Å². The fraction of sp³-hybridized carbons (Fsp3) is 0. The van der Waals surface area contributed by atoms with E-state index in [1.165, 1.54) is 0 Å². The van der Waals surface area contributed by atoms with Crippen molar-refractivity contribution in [2.45, 2.75) is 0 Å². The van der Waals surface area contributed by atoms with Crippen molar-refractivity contribution < 1.29 is 10.2 Å². The Balaban J connectivity index is 2.41. The van der Waals surface area contributed by atoms with E-state index in [0.29, 0.717) is 5.69 Å². The van der Waals surface area contributed by atoms with Gasteiger partial charge in [0.1, 0.15) is 0 Å². The van der Waals surface area contributed by atoms with E-state index in [1.807, 2.05) is 6.07 Å². The maximum absolute atomic E-state index is 9.63. The average Bonchev–Trinajstić information content (AvgIpc) is 2.37. The van der Waals surface area contributed by atoms with Crippen LogP contribution in [0.1, 0.15) is 0 Å². The van der Waals surface area contributed by atoms with Crippen LogP contribution >= 0.6 is 0 Å². The van der Waals surface area contributed by atoms with Crippen molar-refractivity contribution in [1.82, 2.24) is 4.98 Å². The first kappa shape index (κ1) is 11.6. The fourth-order valence-electron chi connectivity index (χ4n) is 1.29. The lowest BCUT2D eigenvalue weighted by Crippen LogP contribution is -1.97. The first-order valence-electron chi connectivity index (χ1n) is 5.03. The Morgan fingerprint density at radius 2 is 1.56 bits per heavy atom. The molecule has 0 unspecified atom stereocenters. The average molecular weight is 245 g/mol. The molecule has 7 heteroatoms. The largest absolute Gasteiger partial charge is 0.503 e. The monoisotopic (exact) mass is 245 g/mol. The summed E-state index contributed by atoms with van der Waals surface area (Å²) >= 11 is 0. The highest BCUT2D eigenvalue weighted by Crippen LogP contribution is 2.42. The number of benzene rings is 1. The summed E-state index contributed by atoms with van der Waals surface area (Å²) in [6, 6.07) is 8.86. The van der Waals surface area contributed by atoms with E-state index in [-0.39, 0.29) is 17.3 Å². The molecule has 2 aromatic rings. The topological polar surface area (TPSA) is 130 Å². The lowest BCUT2D eigenvalue weighted by atomic mass is 10.3. The third-order valence-electron chi connectivity index (χ3n) is 2.20. The molecule has 1 heterocycles. The summed E-state index contributed by atoms with van der Waals surface area (Å²) in [6.07, 6.45) is 0. The summed E-state index contributed by atoms with van der Waals surface area (Å²) in [5.74, 6) is -1.47. The third-order valence-corrected chi connectivity index (χ3v) is 2.20. The van der Waals surface area contributed by atoms with E-state index in [4.69, 9.17) is 11.5 Å². The maximum atomic E-state index is 9.63. The molecule has 0 spiro atoms. The Labute approximate surface area is 102 Å². The molecule has 92 valence electrons. The zero-order valence-corrected chi connectivity index (χ0v) is 9.28. The van der Waals surface area contributed by atoms with E-state index in [1.54, 1.807) is 24.3 Å². The second-order valence-electron chi connectivity index (χ2n) is 3.46. The second kappa shape index (κ2) is 4.58. The number of nitrogens with two attached hydrogens (primary N) is 2. The molecule has 0 radical (unpaired) electrons. The van der Waals surface area contributed by atoms with E-state index in [0.717, 1.165) is 0 Å². The third kappa shape index (κ3) is 2.14. The van der Waals surface area contributed by atoms with Gasteiger partial charge in [-0.25, -0.2) is 4.98 Å². The number of nitrogen functional groups attached to an aromatic ring is 2. The Morgan fingerprint density at radius 3 is 2.22 bits per heavy atom. The molecule has 0 aliphatic rings. The van der Waals surface area contributed by atoms with Gasteiger partial charge in [0.15, 0.2) is 23.1 Å². The number of pyridine rings is 1. The first-order valence-corrected chi connectivity index (χ1v) is 5.03. The highest BCUT2D eigenvalue weighted by atomic mass is 16.3. The maximum Gasteiger partial charge on any atom is 0.203 e. The van der Waals surface area contributed by atoms with E-state index in [9.17, 15) is 10.2 Å². The number of hydrogen-bond donors (Lipinski definition) is 4. The molecule has 0 aliphatic heterocycles. The van der Waals surface area contributed by atoms with Gasteiger partial charge < -0.3 is 21.7 Å². The van der Waals surface area contributed by atoms with Gasteiger partial charge in [-0.2, -0.15) is 5.11 Å². The normalized spacial score (nSPS) is 10.9. The van der Waals surface area contributed by atoms with Crippen LogP contribution in [-0.4, -0.2) is 15.2 Å². The van der Waals surface area contributed by atoms with Crippen molar-refractivity contribution in [3.8, 4) is 11.5 Å². The minimum absolute atomic E-state index is 0.109. The zero-order valence-electron chi connectivity index (χ0n) is 9.28. The van der Waals surface area contributed by atoms with Crippen LogP contribution < -0.4 is 11.5 Å². The number of azo groups is 1. The predicted octanol–water partition coefficient (Wildman–Crippen LogP) is 2.07. The van der Waals surface area contributed by atoms with Crippen LogP contribution in [0.2, 0.25) is 0 Å². The highest BCUT2D eigenvalue weighted by Gasteiger charge is 2.15. The van der Waals surface area contributed by atoms with Gasteiger partial charge in [0.2, 0.25) is 5.75 Å². The smallest absolute Gasteiger partial charge is 0.203 e. The number of anilines is 2. The van der Waals surface area contributed by atoms with Crippen LogP contribution in [0.3, 0.4) is 0 Å². The molecule has 0 amide bonds. The summed E-state index contributed by atoms with van der Waals surface area (Å²) in [5, 5.41) is 26.7. The lowest BCUT2D eigenvalue weighted by molar-refractivity contribution is 0.405. The standard InChI is InChI=1S/C11H11N5O2/c12-10-7(8(17)9(18)11(13)14-10)16-15-6-4-2-1-3-5-6/h1-5,18H,(H5,12,13,14,17)/b16-15+. The van der Waals surface area contributed by atoms with Crippen LogP contribution in [0.25, 0.3) is 0 Å². The molecule has 18 heavy (non-hydrogen) atoms. The Hall–Kier alpha value is -2.83. The number of nitrogens with zero attached hydrogens (tertiary/aromatic N) is 3. The van der Waals surface area contributed by atoms with Gasteiger partial charge in [0.05, 0.1) is 5.69 Å². The number of aromatic hydroxyl groups is 2. The first-order chi connectivity index (χ1) is 8.59. The van der Waals surface area contributed by atoms with E-state index >= 15 is 0 Å². The van der Waals surface area contributed by atoms with Gasteiger partial charge in [-0.3, -0.25) is 0 Å². The molecule has 0 saturated heterocycles. The van der Waals surface area contributed by atoms with Crippen LogP contribution in [0.5, 0.6) is 11.5 Å². The molecule has 0 atom stereocenters. The molecule has 7 nitrogen and oxygen atoms in total. The second-order valence-corrected chi connectivity index (χ2v) is 3.46. The molecule has 0 fully saturated rings. The highest BCUT2D eigenvalue weighted by molar-refractivity contribution is 5.75. The van der Waals surface area contributed by atoms with Crippen LogP contribution in [0, 0.1) is 0 Å².